The van der Waals surface area contributed by atoms with Crippen LogP contribution >= 0.6 is 11.6 Å². The number of para-hydroxylation sites is 1. The molecular formula is C12H15ClN2O2. The lowest BCUT2D eigenvalue weighted by atomic mass is 9.89. The average molecular weight is 255 g/mol. The predicted octanol–water partition coefficient (Wildman–Crippen LogP) is 1.39. The fourth-order valence-corrected chi connectivity index (χ4v) is 1.93. The summed E-state index contributed by atoms with van der Waals surface area (Å²) < 4.78 is 0. The van der Waals surface area contributed by atoms with Crippen LogP contribution in [0.4, 0.5) is 5.69 Å². The molecule has 4 nitrogen and oxygen atoms in total. The first-order valence-corrected chi connectivity index (χ1v) is 5.99. The van der Waals surface area contributed by atoms with E-state index < -0.39 is 0 Å². The van der Waals surface area contributed by atoms with Crippen LogP contribution in [-0.4, -0.2) is 29.7 Å². The Balaban J connectivity index is 1.76. The predicted molar refractivity (Wildman–Crippen MR) is 67.1 cm³/mol. The summed E-state index contributed by atoms with van der Waals surface area (Å²) in [4.78, 5) is 11.6. The van der Waals surface area contributed by atoms with E-state index in [9.17, 15) is 4.79 Å². The Morgan fingerprint density at radius 2 is 2.12 bits per heavy atom. The van der Waals surface area contributed by atoms with E-state index >= 15 is 0 Å². The van der Waals surface area contributed by atoms with Gasteiger partial charge in [-0.3, -0.25) is 4.79 Å². The second kappa shape index (κ2) is 5.49. The van der Waals surface area contributed by atoms with E-state index in [2.05, 4.69) is 10.6 Å². The van der Waals surface area contributed by atoms with Crippen LogP contribution in [0.2, 0.25) is 5.02 Å². The quantitative estimate of drug-likeness (QED) is 0.761. The SMILES string of the molecule is O=C(CNC1CC(O)C1)Nc1ccccc1Cl. The maximum atomic E-state index is 11.6. The van der Waals surface area contributed by atoms with Crippen molar-refractivity contribution in [1.29, 1.82) is 0 Å². The van der Waals surface area contributed by atoms with Crippen LogP contribution in [0.15, 0.2) is 24.3 Å². The van der Waals surface area contributed by atoms with E-state index in [4.69, 9.17) is 16.7 Å². The minimum absolute atomic E-state index is 0.125. The number of amides is 1. The number of aliphatic hydroxyl groups excluding tert-OH is 1. The summed E-state index contributed by atoms with van der Waals surface area (Å²) in [5, 5.41) is 15.4. The summed E-state index contributed by atoms with van der Waals surface area (Å²) in [5.74, 6) is -0.125. The van der Waals surface area contributed by atoms with Crippen molar-refractivity contribution < 1.29 is 9.90 Å². The fraction of sp³-hybridized carbons (Fsp3) is 0.417. The van der Waals surface area contributed by atoms with Crippen molar-refractivity contribution >= 4 is 23.2 Å². The highest BCUT2D eigenvalue weighted by Gasteiger charge is 2.26. The molecule has 17 heavy (non-hydrogen) atoms. The number of aliphatic hydroxyl groups is 1. The third-order valence-electron chi connectivity index (χ3n) is 2.81. The maximum absolute atomic E-state index is 11.6. The van der Waals surface area contributed by atoms with Crippen LogP contribution in [0, 0.1) is 0 Å². The summed E-state index contributed by atoms with van der Waals surface area (Å²) in [6.07, 6.45) is 1.23. The van der Waals surface area contributed by atoms with Gasteiger partial charge in [0, 0.05) is 6.04 Å². The van der Waals surface area contributed by atoms with Gasteiger partial charge in [0.1, 0.15) is 0 Å². The van der Waals surface area contributed by atoms with Crippen LogP contribution in [0.25, 0.3) is 0 Å². The third kappa shape index (κ3) is 3.43. The Morgan fingerprint density at radius 3 is 2.76 bits per heavy atom. The Labute approximate surface area is 105 Å². The lowest BCUT2D eigenvalue weighted by Gasteiger charge is -2.31. The molecule has 0 unspecified atom stereocenters. The van der Waals surface area contributed by atoms with Crippen LogP contribution in [0.3, 0.4) is 0 Å². The molecule has 0 spiro atoms. The summed E-state index contributed by atoms with van der Waals surface area (Å²) in [6.45, 7) is 0.239. The van der Waals surface area contributed by atoms with Crippen LogP contribution in [0.1, 0.15) is 12.8 Å². The van der Waals surface area contributed by atoms with Gasteiger partial charge in [-0.2, -0.15) is 0 Å². The molecule has 0 atom stereocenters. The van der Waals surface area contributed by atoms with E-state index in [0.717, 1.165) is 12.8 Å². The second-order valence-electron chi connectivity index (χ2n) is 4.23. The van der Waals surface area contributed by atoms with Crippen molar-refractivity contribution in [1.82, 2.24) is 5.32 Å². The topological polar surface area (TPSA) is 61.4 Å². The molecule has 1 aliphatic carbocycles. The number of anilines is 1. The van der Waals surface area contributed by atoms with Crippen LogP contribution < -0.4 is 10.6 Å². The van der Waals surface area contributed by atoms with Crippen molar-refractivity contribution in [2.45, 2.75) is 25.0 Å². The van der Waals surface area contributed by atoms with Crippen molar-refractivity contribution in [3.63, 3.8) is 0 Å². The number of halogens is 1. The van der Waals surface area contributed by atoms with Gasteiger partial charge in [-0.25, -0.2) is 0 Å². The van der Waals surface area contributed by atoms with Gasteiger partial charge in [-0.1, -0.05) is 23.7 Å². The van der Waals surface area contributed by atoms with Crippen molar-refractivity contribution in [3.05, 3.63) is 29.3 Å². The second-order valence-corrected chi connectivity index (χ2v) is 4.64. The zero-order valence-corrected chi connectivity index (χ0v) is 10.1. The minimum Gasteiger partial charge on any atom is -0.393 e. The zero-order valence-electron chi connectivity index (χ0n) is 9.32. The van der Waals surface area contributed by atoms with Crippen molar-refractivity contribution in [2.75, 3.05) is 11.9 Å². The highest BCUT2D eigenvalue weighted by molar-refractivity contribution is 6.33. The summed E-state index contributed by atoms with van der Waals surface area (Å²) >= 11 is 5.92. The molecule has 0 aromatic heterocycles. The molecule has 1 amide bonds. The largest absolute Gasteiger partial charge is 0.393 e. The Kier molecular flexibility index (Phi) is 3.99. The Morgan fingerprint density at radius 1 is 1.41 bits per heavy atom. The third-order valence-corrected chi connectivity index (χ3v) is 3.14. The van der Waals surface area contributed by atoms with Gasteiger partial charge in [0.15, 0.2) is 0 Å². The van der Waals surface area contributed by atoms with E-state index in [1.165, 1.54) is 0 Å². The van der Waals surface area contributed by atoms with Crippen molar-refractivity contribution in [2.24, 2.45) is 0 Å². The number of hydrogen-bond acceptors (Lipinski definition) is 3. The summed E-state index contributed by atoms with van der Waals surface area (Å²) in [7, 11) is 0. The number of nitrogens with one attached hydrogen (secondary N) is 2. The number of carbonyl (C=O) groups excluding carboxylic acids is 1. The van der Waals surface area contributed by atoms with Gasteiger partial charge in [0.2, 0.25) is 5.91 Å². The standard InChI is InChI=1S/C12H15ClN2O2/c13-10-3-1-2-4-11(10)15-12(17)7-14-8-5-9(16)6-8/h1-4,8-9,14,16H,5-7H2,(H,15,17). The lowest BCUT2D eigenvalue weighted by molar-refractivity contribution is -0.115. The first-order chi connectivity index (χ1) is 8.15. The highest BCUT2D eigenvalue weighted by Crippen LogP contribution is 2.21. The number of rotatable bonds is 4. The normalized spacial score (nSPS) is 22.9. The molecule has 5 heteroatoms. The zero-order chi connectivity index (χ0) is 12.3. The molecule has 0 heterocycles. The summed E-state index contributed by atoms with van der Waals surface area (Å²) in [6, 6.07) is 7.37. The van der Waals surface area contributed by atoms with Gasteiger partial charge in [0.05, 0.1) is 23.4 Å². The van der Waals surface area contributed by atoms with Gasteiger partial charge < -0.3 is 15.7 Å². The van der Waals surface area contributed by atoms with Crippen LogP contribution in [0.5, 0.6) is 0 Å². The first kappa shape index (κ1) is 12.4. The molecule has 1 aromatic carbocycles. The molecule has 0 bridgehead atoms. The van der Waals surface area contributed by atoms with E-state index in [1.807, 2.05) is 12.1 Å². The van der Waals surface area contributed by atoms with E-state index in [-0.39, 0.29) is 24.6 Å². The van der Waals surface area contributed by atoms with Gasteiger partial charge in [-0.15, -0.1) is 0 Å². The smallest absolute Gasteiger partial charge is 0.238 e. The summed E-state index contributed by atoms with van der Waals surface area (Å²) in [5.41, 5.74) is 0.620. The molecule has 0 radical (unpaired) electrons. The number of benzene rings is 1. The van der Waals surface area contributed by atoms with Gasteiger partial charge in [0.25, 0.3) is 0 Å². The molecule has 0 aliphatic heterocycles. The maximum Gasteiger partial charge on any atom is 0.238 e. The molecule has 92 valence electrons. The molecular weight excluding hydrogens is 240 g/mol. The first-order valence-electron chi connectivity index (χ1n) is 5.61. The lowest BCUT2D eigenvalue weighted by Crippen LogP contribution is -2.46. The molecule has 1 aliphatic rings. The van der Waals surface area contributed by atoms with Crippen molar-refractivity contribution in [3.8, 4) is 0 Å². The number of hydrogen-bond donors (Lipinski definition) is 3. The molecule has 2 rings (SSSR count). The molecule has 1 aromatic rings. The number of carbonyl (C=O) groups is 1. The van der Waals surface area contributed by atoms with E-state index in [1.54, 1.807) is 12.1 Å². The molecule has 1 saturated carbocycles. The molecule has 1 fully saturated rings. The Bertz CT molecular complexity index is 405. The fourth-order valence-electron chi connectivity index (χ4n) is 1.75. The highest BCUT2D eigenvalue weighted by atomic mass is 35.5. The van der Waals surface area contributed by atoms with E-state index in [0.29, 0.717) is 10.7 Å². The average Bonchev–Trinajstić information content (AvgIpc) is 2.26. The monoisotopic (exact) mass is 254 g/mol. The van der Waals surface area contributed by atoms with Gasteiger partial charge >= 0.3 is 0 Å². The van der Waals surface area contributed by atoms with Crippen LogP contribution in [-0.2, 0) is 4.79 Å². The van der Waals surface area contributed by atoms with Gasteiger partial charge in [-0.05, 0) is 25.0 Å². The Hall–Kier alpha value is -1.10. The molecule has 0 saturated heterocycles. The molecule has 3 N–H and O–H groups in total. The minimum atomic E-state index is -0.209.